The minimum atomic E-state index is -1.000. The Hall–Kier alpha value is -0.920. The molecule has 1 aliphatic heterocycles. The van der Waals surface area contributed by atoms with Crippen molar-refractivity contribution < 1.29 is 19.4 Å². The lowest BCUT2D eigenvalue weighted by Crippen LogP contribution is -2.52. The van der Waals surface area contributed by atoms with E-state index in [1.54, 1.807) is 11.3 Å². The third kappa shape index (κ3) is 4.04. The molecule has 1 amide bonds. The Morgan fingerprint density at radius 1 is 1.50 bits per heavy atom. The van der Waals surface area contributed by atoms with Gasteiger partial charge in [0.05, 0.1) is 17.0 Å². The van der Waals surface area contributed by atoms with Crippen molar-refractivity contribution in [1.82, 2.24) is 4.90 Å². The number of thiophene rings is 1. The molecule has 20 heavy (non-hydrogen) atoms. The highest BCUT2D eigenvalue weighted by molar-refractivity contribution is 9.11. The average Bonchev–Trinajstić information content (AvgIpc) is 2.84. The van der Waals surface area contributed by atoms with Crippen molar-refractivity contribution in [2.75, 3.05) is 19.8 Å². The molecule has 0 radical (unpaired) electrons. The lowest BCUT2D eigenvalue weighted by molar-refractivity contribution is -0.158. The Labute approximate surface area is 129 Å². The summed E-state index contributed by atoms with van der Waals surface area (Å²) in [6.07, 6.45) is 1.94. The van der Waals surface area contributed by atoms with Crippen LogP contribution in [0.3, 0.4) is 0 Å². The summed E-state index contributed by atoms with van der Waals surface area (Å²) in [6.45, 7) is 0.854. The Morgan fingerprint density at radius 2 is 2.30 bits per heavy atom. The van der Waals surface area contributed by atoms with Gasteiger partial charge >= 0.3 is 5.97 Å². The molecule has 0 spiro atoms. The van der Waals surface area contributed by atoms with Gasteiger partial charge in [0.15, 0.2) is 6.04 Å². The molecule has 1 saturated heterocycles. The standard InChI is InChI=1S/C13H16BrNO4S/c14-11-5-4-9(20-11)2-1-3-12(16)15-6-7-19-8-10(15)13(17)18/h4-5,10H,1-3,6-8H2,(H,17,18)/t10-/m0/s1. The average molecular weight is 362 g/mol. The van der Waals surface area contributed by atoms with E-state index >= 15 is 0 Å². The molecule has 0 saturated carbocycles. The van der Waals surface area contributed by atoms with Crippen LogP contribution >= 0.6 is 27.3 Å². The summed E-state index contributed by atoms with van der Waals surface area (Å²) in [5, 5.41) is 9.09. The van der Waals surface area contributed by atoms with E-state index in [2.05, 4.69) is 15.9 Å². The van der Waals surface area contributed by atoms with Crippen LogP contribution in [0.25, 0.3) is 0 Å². The highest BCUT2D eigenvalue weighted by Gasteiger charge is 2.32. The normalized spacial score (nSPS) is 19.1. The maximum absolute atomic E-state index is 12.1. The topological polar surface area (TPSA) is 66.8 Å². The molecule has 2 heterocycles. The van der Waals surface area contributed by atoms with Crippen LogP contribution in [0.1, 0.15) is 17.7 Å². The molecule has 1 fully saturated rings. The van der Waals surface area contributed by atoms with Crippen LogP contribution in [-0.4, -0.2) is 47.7 Å². The second kappa shape index (κ2) is 7.19. The van der Waals surface area contributed by atoms with Crippen molar-refractivity contribution >= 4 is 39.1 Å². The molecule has 1 aromatic rings. The van der Waals surface area contributed by atoms with Crippen molar-refractivity contribution in [3.05, 3.63) is 20.8 Å². The number of carbonyl (C=O) groups excluding carboxylic acids is 1. The Kier molecular flexibility index (Phi) is 5.56. The van der Waals surface area contributed by atoms with Gasteiger partial charge in [-0.3, -0.25) is 4.79 Å². The monoisotopic (exact) mass is 361 g/mol. The van der Waals surface area contributed by atoms with E-state index in [0.717, 1.165) is 16.6 Å². The fraction of sp³-hybridized carbons (Fsp3) is 0.538. The van der Waals surface area contributed by atoms with Gasteiger partial charge < -0.3 is 14.7 Å². The summed E-state index contributed by atoms with van der Waals surface area (Å²) in [5.74, 6) is -1.10. The van der Waals surface area contributed by atoms with E-state index in [1.807, 2.05) is 12.1 Å². The van der Waals surface area contributed by atoms with Gasteiger partial charge in [0.1, 0.15) is 0 Å². The molecular weight excluding hydrogens is 346 g/mol. The van der Waals surface area contributed by atoms with Crippen molar-refractivity contribution in [1.29, 1.82) is 0 Å². The minimum Gasteiger partial charge on any atom is -0.480 e. The predicted molar refractivity (Wildman–Crippen MR) is 78.9 cm³/mol. The molecule has 0 unspecified atom stereocenters. The Balaban J connectivity index is 1.82. The van der Waals surface area contributed by atoms with Crippen molar-refractivity contribution in [3.8, 4) is 0 Å². The third-order valence-corrected chi connectivity index (χ3v) is 4.86. The molecule has 2 rings (SSSR count). The Bertz CT molecular complexity index is 490. The number of aryl methyl sites for hydroxylation is 1. The number of rotatable bonds is 5. The molecule has 5 nitrogen and oxygen atoms in total. The molecular formula is C13H16BrNO4S. The third-order valence-electron chi connectivity index (χ3n) is 3.18. The SMILES string of the molecule is O=C(O)[C@@H]1COCCN1C(=O)CCCc1ccc(Br)s1. The second-order valence-electron chi connectivity index (χ2n) is 4.58. The fourth-order valence-corrected chi connectivity index (χ4v) is 3.68. The second-order valence-corrected chi connectivity index (χ2v) is 7.12. The number of nitrogens with zero attached hydrogens (tertiary/aromatic N) is 1. The van der Waals surface area contributed by atoms with Gasteiger partial charge in [-0.2, -0.15) is 0 Å². The summed E-state index contributed by atoms with van der Waals surface area (Å²) in [4.78, 5) is 25.8. The van der Waals surface area contributed by atoms with E-state index < -0.39 is 12.0 Å². The highest BCUT2D eigenvalue weighted by atomic mass is 79.9. The van der Waals surface area contributed by atoms with Crippen molar-refractivity contribution in [2.45, 2.75) is 25.3 Å². The minimum absolute atomic E-state index is 0.0823. The number of carboxylic acids is 1. The van der Waals surface area contributed by atoms with Gasteiger partial charge in [-0.05, 0) is 40.9 Å². The molecule has 0 aliphatic carbocycles. The molecule has 110 valence electrons. The van der Waals surface area contributed by atoms with E-state index in [-0.39, 0.29) is 12.5 Å². The first-order chi connectivity index (χ1) is 9.58. The maximum atomic E-state index is 12.1. The first kappa shape index (κ1) is 15.5. The van der Waals surface area contributed by atoms with E-state index in [0.29, 0.717) is 19.6 Å². The number of amides is 1. The summed E-state index contributed by atoms with van der Waals surface area (Å²) >= 11 is 5.06. The van der Waals surface area contributed by atoms with E-state index in [4.69, 9.17) is 9.84 Å². The van der Waals surface area contributed by atoms with Crippen LogP contribution in [0.4, 0.5) is 0 Å². The molecule has 7 heteroatoms. The number of ether oxygens (including phenoxy) is 1. The maximum Gasteiger partial charge on any atom is 0.328 e. The van der Waals surface area contributed by atoms with Gasteiger partial charge in [0, 0.05) is 17.8 Å². The van der Waals surface area contributed by atoms with Crippen molar-refractivity contribution in [2.24, 2.45) is 0 Å². The van der Waals surface area contributed by atoms with Crippen LogP contribution in [0.15, 0.2) is 15.9 Å². The van der Waals surface area contributed by atoms with E-state index in [1.165, 1.54) is 9.78 Å². The number of morpholine rings is 1. The van der Waals surface area contributed by atoms with Crippen LogP contribution in [0, 0.1) is 0 Å². The zero-order valence-electron chi connectivity index (χ0n) is 10.9. The summed E-state index contributed by atoms with van der Waals surface area (Å²) in [6, 6.07) is 3.19. The summed E-state index contributed by atoms with van der Waals surface area (Å²) < 4.78 is 6.20. The number of halogens is 1. The van der Waals surface area contributed by atoms with Crippen LogP contribution < -0.4 is 0 Å². The lowest BCUT2D eigenvalue weighted by atomic mass is 10.1. The number of hydrogen-bond acceptors (Lipinski definition) is 4. The zero-order chi connectivity index (χ0) is 14.5. The zero-order valence-corrected chi connectivity index (χ0v) is 13.3. The van der Waals surface area contributed by atoms with Gasteiger partial charge in [0.25, 0.3) is 0 Å². The highest BCUT2D eigenvalue weighted by Crippen LogP contribution is 2.23. The first-order valence-electron chi connectivity index (χ1n) is 6.42. The lowest BCUT2D eigenvalue weighted by Gasteiger charge is -2.32. The van der Waals surface area contributed by atoms with Gasteiger partial charge in [0.2, 0.25) is 5.91 Å². The van der Waals surface area contributed by atoms with Gasteiger partial charge in [-0.1, -0.05) is 0 Å². The number of hydrogen-bond donors (Lipinski definition) is 1. The molecule has 1 atom stereocenters. The summed E-state index contributed by atoms with van der Waals surface area (Å²) in [5.41, 5.74) is 0. The van der Waals surface area contributed by atoms with E-state index in [9.17, 15) is 9.59 Å². The predicted octanol–water partition coefficient (Wildman–Crippen LogP) is 2.15. The molecule has 1 aliphatic rings. The molecule has 0 bridgehead atoms. The first-order valence-corrected chi connectivity index (χ1v) is 8.03. The van der Waals surface area contributed by atoms with Gasteiger partial charge in [-0.15, -0.1) is 11.3 Å². The Morgan fingerprint density at radius 3 is 2.95 bits per heavy atom. The van der Waals surface area contributed by atoms with Crippen LogP contribution in [-0.2, 0) is 20.7 Å². The van der Waals surface area contributed by atoms with Gasteiger partial charge in [-0.25, -0.2) is 4.79 Å². The fourth-order valence-electron chi connectivity index (χ4n) is 2.15. The van der Waals surface area contributed by atoms with Crippen LogP contribution in [0.2, 0.25) is 0 Å². The molecule has 1 N–H and O–H groups in total. The molecule has 0 aromatic carbocycles. The quantitative estimate of drug-likeness (QED) is 0.872. The summed E-state index contributed by atoms with van der Waals surface area (Å²) in [7, 11) is 0. The number of aliphatic carboxylic acids is 1. The van der Waals surface area contributed by atoms with Crippen LogP contribution in [0.5, 0.6) is 0 Å². The number of carboxylic acid groups (broad SMARTS) is 1. The number of carbonyl (C=O) groups is 2. The van der Waals surface area contributed by atoms with Crippen molar-refractivity contribution in [3.63, 3.8) is 0 Å². The largest absolute Gasteiger partial charge is 0.480 e. The smallest absolute Gasteiger partial charge is 0.328 e. The molecule has 1 aromatic heterocycles.